The second kappa shape index (κ2) is 8.65. The van der Waals surface area contributed by atoms with Crippen molar-refractivity contribution < 1.29 is 4.79 Å². The van der Waals surface area contributed by atoms with Gasteiger partial charge >= 0.3 is 0 Å². The Labute approximate surface area is 164 Å². The minimum atomic E-state index is -0.251. The molecule has 7 heteroatoms. The lowest BCUT2D eigenvalue weighted by Gasteiger charge is -2.36. The molecule has 0 radical (unpaired) electrons. The first-order valence-corrected chi connectivity index (χ1v) is 9.55. The van der Waals surface area contributed by atoms with Crippen LogP contribution in [0.2, 0.25) is 0 Å². The number of anilines is 1. The smallest absolute Gasteiger partial charge is 0.275 e. The molecule has 1 aromatic carbocycles. The van der Waals surface area contributed by atoms with Crippen molar-refractivity contribution in [3.8, 4) is 0 Å². The maximum absolute atomic E-state index is 13.0. The van der Waals surface area contributed by atoms with Gasteiger partial charge in [-0.2, -0.15) is 5.10 Å². The molecular formula is C21H25N5O2. The van der Waals surface area contributed by atoms with Crippen LogP contribution < -0.4 is 10.5 Å². The zero-order valence-electron chi connectivity index (χ0n) is 16.5. The fraction of sp³-hybridized carbons (Fsp3) is 0.333. The lowest BCUT2D eigenvalue weighted by molar-refractivity contribution is 0.0740. The third-order valence-corrected chi connectivity index (χ3v) is 4.74. The van der Waals surface area contributed by atoms with Gasteiger partial charge in [0.25, 0.3) is 11.5 Å². The molecule has 0 N–H and O–H groups in total. The number of rotatable bonds is 2. The van der Waals surface area contributed by atoms with E-state index in [-0.39, 0.29) is 11.5 Å². The van der Waals surface area contributed by atoms with Crippen LogP contribution in [-0.4, -0.2) is 51.8 Å². The van der Waals surface area contributed by atoms with E-state index in [2.05, 4.69) is 27.1 Å². The topological polar surface area (TPSA) is 71.3 Å². The normalized spacial score (nSPS) is 13.8. The SMILES string of the molecule is CC.Cn1nc(C(=O)N2CCN(c3ccccc3)CC2)c2ccncc2c1=O. The van der Waals surface area contributed by atoms with E-state index in [0.717, 1.165) is 18.8 Å². The van der Waals surface area contributed by atoms with Gasteiger partial charge in [-0.25, -0.2) is 4.68 Å². The number of aryl methyl sites for hydroxylation is 1. The maximum Gasteiger partial charge on any atom is 0.275 e. The Morgan fingerprint density at radius 2 is 1.64 bits per heavy atom. The highest BCUT2D eigenvalue weighted by Gasteiger charge is 2.25. The van der Waals surface area contributed by atoms with Gasteiger partial charge in [-0.15, -0.1) is 0 Å². The number of hydrogen-bond acceptors (Lipinski definition) is 5. The van der Waals surface area contributed by atoms with Gasteiger partial charge in [-0.1, -0.05) is 32.0 Å². The lowest BCUT2D eigenvalue weighted by atomic mass is 10.1. The van der Waals surface area contributed by atoms with Crippen LogP contribution in [0.4, 0.5) is 5.69 Å². The van der Waals surface area contributed by atoms with Crippen molar-refractivity contribution in [2.45, 2.75) is 13.8 Å². The summed E-state index contributed by atoms with van der Waals surface area (Å²) in [7, 11) is 1.55. The van der Waals surface area contributed by atoms with E-state index in [1.807, 2.05) is 32.0 Å². The third-order valence-electron chi connectivity index (χ3n) is 4.74. The van der Waals surface area contributed by atoms with E-state index < -0.39 is 0 Å². The maximum atomic E-state index is 13.0. The summed E-state index contributed by atoms with van der Waals surface area (Å²) in [5, 5.41) is 5.19. The van der Waals surface area contributed by atoms with Crippen molar-refractivity contribution in [2.24, 2.45) is 7.05 Å². The van der Waals surface area contributed by atoms with E-state index in [0.29, 0.717) is 29.6 Å². The second-order valence-electron chi connectivity index (χ2n) is 6.31. The molecule has 1 amide bonds. The Kier molecular flexibility index (Phi) is 6.03. The van der Waals surface area contributed by atoms with Crippen LogP contribution in [0.1, 0.15) is 24.3 Å². The first-order chi connectivity index (χ1) is 13.6. The van der Waals surface area contributed by atoms with Gasteiger partial charge in [0.1, 0.15) is 0 Å². The number of benzene rings is 1. The van der Waals surface area contributed by atoms with E-state index in [4.69, 9.17) is 0 Å². The van der Waals surface area contributed by atoms with Gasteiger partial charge in [0.15, 0.2) is 5.69 Å². The molecule has 0 spiro atoms. The van der Waals surface area contributed by atoms with Crippen LogP contribution in [0.25, 0.3) is 10.8 Å². The Balaban J connectivity index is 0.00000109. The van der Waals surface area contributed by atoms with Crippen LogP contribution in [-0.2, 0) is 7.05 Å². The molecule has 1 aliphatic rings. The van der Waals surface area contributed by atoms with Crippen LogP contribution in [0.15, 0.2) is 53.6 Å². The van der Waals surface area contributed by atoms with Crippen molar-refractivity contribution in [1.29, 1.82) is 0 Å². The second-order valence-corrected chi connectivity index (χ2v) is 6.31. The van der Waals surface area contributed by atoms with E-state index in [1.165, 1.54) is 10.9 Å². The summed E-state index contributed by atoms with van der Waals surface area (Å²) in [5.74, 6) is -0.149. The molecule has 0 saturated carbocycles. The van der Waals surface area contributed by atoms with Gasteiger partial charge in [0.2, 0.25) is 0 Å². The average molecular weight is 379 g/mol. The largest absolute Gasteiger partial charge is 0.368 e. The highest BCUT2D eigenvalue weighted by Crippen LogP contribution is 2.18. The minimum Gasteiger partial charge on any atom is -0.368 e. The molecule has 1 saturated heterocycles. The molecule has 28 heavy (non-hydrogen) atoms. The standard InChI is InChI=1S/C19H19N5O2.C2H6/c1-22-18(25)16-13-20-8-7-15(16)17(21-22)19(26)24-11-9-23(10-12-24)14-5-3-2-4-6-14;1-2/h2-8,13H,9-12H2,1H3;1-2H3. The van der Waals surface area contributed by atoms with Gasteiger partial charge in [-0.3, -0.25) is 14.6 Å². The molecule has 0 atom stereocenters. The minimum absolute atomic E-state index is 0.149. The van der Waals surface area contributed by atoms with Crippen LogP contribution in [0.3, 0.4) is 0 Å². The molecule has 1 aliphatic heterocycles. The fourth-order valence-corrected chi connectivity index (χ4v) is 3.31. The number of amides is 1. The van der Waals surface area contributed by atoms with Gasteiger partial charge < -0.3 is 9.80 Å². The molecular weight excluding hydrogens is 354 g/mol. The number of pyridine rings is 1. The predicted octanol–water partition coefficient (Wildman–Crippen LogP) is 2.32. The van der Waals surface area contributed by atoms with Crippen LogP contribution in [0, 0.1) is 0 Å². The van der Waals surface area contributed by atoms with Crippen molar-refractivity contribution in [1.82, 2.24) is 19.7 Å². The van der Waals surface area contributed by atoms with Gasteiger partial charge in [0.05, 0.1) is 5.39 Å². The van der Waals surface area contributed by atoms with Crippen molar-refractivity contribution in [3.63, 3.8) is 0 Å². The molecule has 3 aromatic rings. The summed E-state index contributed by atoms with van der Waals surface area (Å²) in [4.78, 5) is 33.3. The van der Waals surface area contributed by atoms with Crippen LogP contribution >= 0.6 is 0 Å². The number of hydrogen-bond donors (Lipinski definition) is 0. The van der Waals surface area contributed by atoms with E-state index in [9.17, 15) is 9.59 Å². The van der Waals surface area contributed by atoms with Crippen molar-refractivity contribution >= 4 is 22.4 Å². The fourth-order valence-electron chi connectivity index (χ4n) is 3.31. The predicted molar refractivity (Wildman–Crippen MR) is 111 cm³/mol. The zero-order chi connectivity index (χ0) is 20.1. The number of aromatic nitrogens is 3. The quantitative estimate of drug-likeness (QED) is 0.683. The highest BCUT2D eigenvalue weighted by molar-refractivity contribution is 6.04. The Morgan fingerprint density at radius 3 is 2.32 bits per heavy atom. The number of carbonyl (C=O) groups excluding carboxylic acids is 1. The number of nitrogens with zero attached hydrogens (tertiary/aromatic N) is 5. The first-order valence-electron chi connectivity index (χ1n) is 9.55. The molecule has 0 unspecified atom stereocenters. The van der Waals surface area contributed by atoms with Gasteiger partial charge in [-0.05, 0) is 18.2 Å². The Morgan fingerprint density at radius 1 is 0.964 bits per heavy atom. The first kappa shape index (κ1) is 19.5. The molecule has 1 fully saturated rings. The Bertz CT molecular complexity index is 1010. The van der Waals surface area contributed by atoms with E-state index >= 15 is 0 Å². The number of piperazine rings is 1. The summed E-state index contributed by atoms with van der Waals surface area (Å²) < 4.78 is 1.21. The lowest BCUT2D eigenvalue weighted by Crippen LogP contribution is -2.49. The summed E-state index contributed by atoms with van der Waals surface area (Å²) in [6, 6.07) is 11.9. The third kappa shape index (κ3) is 3.74. The number of fused-ring (bicyclic) bond motifs is 1. The van der Waals surface area contributed by atoms with E-state index in [1.54, 1.807) is 24.2 Å². The summed E-state index contributed by atoms with van der Waals surface area (Å²) in [6.07, 6.45) is 3.07. The zero-order valence-corrected chi connectivity index (χ0v) is 16.5. The molecule has 146 valence electrons. The molecule has 2 aromatic heterocycles. The Hall–Kier alpha value is -3.22. The van der Waals surface area contributed by atoms with Gasteiger partial charge in [0, 0.05) is 56.7 Å². The van der Waals surface area contributed by atoms with Crippen molar-refractivity contribution in [3.05, 3.63) is 64.8 Å². The number of para-hydroxylation sites is 1. The molecule has 0 bridgehead atoms. The summed E-state index contributed by atoms with van der Waals surface area (Å²) >= 11 is 0. The molecule has 0 aliphatic carbocycles. The summed E-state index contributed by atoms with van der Waals surface area (Å²) in [6.45, 7) is 6.76. The summed E-state index contributed by atoms with van der Waals surface area (Å²) in [5.41, 5.74) is 1.22. The van der Waals surface area contributed by atoms with Crippen molar-refractivity contribution in [2.75, 3.05) is 31.1 Å². The molecule has 3 heterocycles. The number of carbonyl (C=O) groups is 1. The molecule has 4 rings (SSSR count). The highest BCUT2D eigenvalue weighted by atomic mass is 16.2. The average Bonchev–Trinajstić information content (AvgIpc) is 2.78. The monoisotopic (exact) mass is 379 g/mol. The molecule has 7 nitrogen and oxygen atoms in total. The van der Waals surface area contributed by atoms with Crippen LogP contribution in [0.5, 0.6) is 0 Å².